The third-order valence-corrected chi connectivity index (χ3v) is 2.64. The van der Waals surface area contributed by atoms with Gasteiger partial charge in [-0.2, -0.15) is 0 Å². The molecule has 1 heterocycles. The molecule has 0 bridgehead atoms. The summed E-state index contributed by atoms with van der Waals surface area (Å²) in [6.07, 6.45) is 3.82. The first kappa shape index (κ1) is 12.0. The van der Waals surface area contributed by atoms with E-state index in [1.165, 1.54) is 12.8 Å². The summed E-state index contributed by atoms with van der Waals surface area (Å²) >= 11 is 0. The molecule has 1 aliphatic rings. The van der Waals surface area contributed by atoms with Crippen molar-refractivity contribution in [2.75, 3.05) is 0 Å². The lowest BCUT2D eigenvalue weighted by atomic mass is 9.93. The van der Waals surface area contributed by atoms with Crippen molar-refractivity contribution in [3.63, 3.8) is 0 Å². The molecular formula is C12H24O2. The van der Waals surface area contributed by atoms with Gasteiger partial charge in [0.25, 0.3) is 0 Å². The van der Waals surface area contributed by atoms with Gasteiger partial charge in [0.15, 0.2) is 6.29 Å². The Balaban J connectivity index is 2.53. The van der Waals surface area contributed by atoms with Crippen molar-refractivity contribution >= 4 is 0 Å². The van der Waals surface area contributed by atoms with Crippen molar-refractivity contribution < 1.29 is 9.47 Å². The fourth-order valence-corrected chi connectivity index (χ4v) is 2.20. The molecule has 0 aromatic carbocycles. The van der Waals surface area contributed by atoms with Crippen LogP contribution in [0.3, 0.4) is 0 Å². The molecule has 0 saturated carbocycles. The van der Waals surface area contributed by atoms with E-state index in [0.717, 1.165) is 6.42 Å². The van der Waals surface area contributed by atoms with Crippen LogP contribution in [0.25, 0.3) is 0 Å². The van der Waals surface area contributed by atoms with E-state index in [0.29, 0.717) is 5.92 Å². The SMILES string of the molecule is CCCC1CC(C)(C)OC1OC(C)C. The molecule has 2 heteroatoms. The van der Waals surface area contributed by atoms with Crippen LogP contribution < -0.4 is 0 Å². The lowest BCUT2D eigenvalue weighted by Crippen LogP contribution is -2.25. The van der Waals surface area contributed by atoms with Gasteiger partial charge in [0.05, 0.1) is 11.7 Å². The minimum absolute atomic E-state index is 0.000602. The standard InChI is InChI=1S/C12H24O2/c1-6-7-10-8-12(4,5)14-11(10)13-9(2)3/h9-11H,6-8H2,1-5H3. The van der Waals surface area contributed by atoms with Crippen molar-refractivity contribution in [1.29, 1.82) is 0 Å². The van der Waals surface area contributed by atoms with Crippen LogP contribution >= 0.6 is 0 Å². The molecule has 0 aromatic rings. The molecule has 2 unspecified atom stereocenters. The highest BCUT2D eigenvalue weighted by Crippen LogP contribution is 2.37. The zero-order valence-corrected chi connectivity index (χ0v) is 10.2. The monoisotopic (exact) mass is 200 g/mol. The maximum absolute atomic E-state index is 5.90. The van der Waals surface area contributed by atoms with Gasteiger partial charge in [-0.05, 0) is 40.5 Å². The second-order valence-corrected chi connectivity index (χ2v) is 5.18. The molecule has 2 atom stereocenters. The molecule has 0 N–H and O–H groups in total. The molecule has 14 heavy (non-hydrogen) atoms. The maximum Gasteiger partial charge on any atom is 0.161 e. The van der Waals surface area contributed by atoms with E-state index in [9.17, 15) is 0 Å². The molecule has 1 fully saturated rings. The van der Waals surface area contributed by atoms with Gasteiger partial charge >= 0.3 is 0 Å². The molecule has 0 spiro atoms. The number of ether oxygens (including phenoxy) is 2. The van der Waals surface area contributed by atoms with Crippen LogP contribution in [0.5, 0.6) is 0 Å². The molecule has 1 aliphatic heterocycles. The fourth-order valence-electron chi connectivity index (χ4n) is 2.20. The molecule has 0 aliphatic carbocycles. The lowest BCUT2D eigenvalue weighted by molar-refractivity contribution is -0.188. The van der Waals surface area contributed by atoms with E-state index in [1.807, 2.05) is 0 Å². The largest absolute Gasteiger partial charge is 0.350 e. The normalized spacial score (nSPS) is 31.3. The minimum Gasteiger partial charge on any atom is -0.350 e. The summed E-state index contributed by atoms with van der Waals surface area (Å²) in [5.74, 6) is 0.581. The molecule has 2 nitrogen and oxygen atoms in total. The van der Waals surface area contributed by atoms with Crippen molar-refractivity contribution in [1.82, 2.24) is 0 Å². The third kappa shape index (κ3) is 3.25. The van der Waals surface area contributed by atoms with Gasteiger partial charge < -0.3 is 9.47 Å². The first-order chi connectivity index (χ1) is 6.44. The van der Waals surface area contributed by atoms with E-state index in [4.69, 9.17) is 9.47 Å². The average molecular weight is 200 g/mol. The Kier molecular flexibility index (Phi) is 3.96. The smallest absolute Gasteiger partial charge is 0.161 e. The van der Waals surface area contributed by atoms with Crippen LogP contribution in [0.1, 0.15) is 53.9 Å². The van der Waals surface area contributed by atoms with Gasteiger partial charge in [0, 0.05) is 5.92 Å². The summed E-state index contributed by atoms with van der Waals surface area (Å²) in [4.78, 5) is 0. The van der Waals surface area contributed by atoms with Crippen molar-refractivity contribution in [2.24, 2.45) is 5.92 Å². The Morgan fingerprint density at radius 2 is 2.07 bits per heavy atom. The van der Waals surface area contributed by atoms with E-state index in [-0.39, 0.29) is 18.0 Å². The van der Waals surface area contributed by atoms with Crippen LogP contribution in [-0.4, -0.2) is 18.0 Å². The van der Waals surface area contributed by atoms with Gasteiger partial charge in [-0.3, -0.25) is 0 Å². The summed E-state index contributed by atoms with van der Waals surface area (Å²) < 4.78 is 11.7. The van der Waals surface area contributed by atoms with E-state index in [1.54, 1.807) is 0 Å². The Morgan fingerprint density at radius 3 is 2.57 bits per heavy atom. The Labute approximate surface area is 88.0 Å². The average Bonchev–Trinajstić information content (AvgIpc) is 2.25. The van der Waals surface area contributed by atoms with E-state index >= 15 is 0 Å². The van der Waals surface area contributed by atoms with Crippen molar-refractivity contribution in [3.05, 3.63) is 0 Å². The molecule has 0 aromatic heterocycles. The van der Waals surface area contributed by atoms with Gasteiger partial charge in [-0.1, -0.05) is 13.3 Å². The third-order valence-electron chi connectivity index (χ3n) is 2.64. The first-order valence-electron chi connectivity index (χ1n) is 5.78. The van der Waals surface area contributed by atoms with Crippen LogP contribution in [0.2, 0.25) is 0 Å². The fraction of sp³-hybridized carbons (Fsp3) is 1.00. The zero-order chi connectivity index (χ0) is 10.8. The van der Waals surface area contributed by atoms with Gasteiger partial charge in [-0.15, -0.1) is 0 Å². The molecule has 0 radical (unpaired) electrons. The highest BCUT2D eigenvalue weighted by atomic mass is 16.7. The second kappa shape index (κ2) is 4.63. The molecule has 1 saturated heterocycles. The predicted molar refractivity (Wildman–Crippen MR) is 58.2 cm³/mol. The van der Waals surface area contributed by atoms with Gasteiger partial charge in [0.1, 0.15) is 0 Å². The van der Waals surface area contributed by atoms with E-state index in [2.05, 4.69) is 34.6 Å². The predicted octanol–water partition coefficient (Wildman–Crippen LogP) is 3.35. The molecule has 84 valence electrons. The number of hydrogen-bond acceptors (Lipinski definition) is 2. The topological polar surface area (TPSA) is 18.5 Å². The van der Waals surface area contributed by atoms with Crippen LogP contribution in [0.15, 0.2) is 0 Å². The summed E-state index contributed by atoms with van der Waals surface area (Å²) in [6.45, 7) is 10.7. The first-order valence-corrected chi connectivity index (χ1v) is 5.78. The van der Waals surface area contributed by atoms with Gasteiger partial charge in [0.2, 0.25) is 0 Å². The minimum atomic E-state index is -0.000602. The van der Waals surface area contributed by atoms with E-state index < -0.39 is 0 Å². The highest BCUT2D eigenvalue weighted by molar-refractivity contribution is 4.84. The Bertz CT molecular complexity index is 175. The quantitative estimate of drug-likeness (QED) is 0.693. The highest BCUT2D eigenvalue weighted by Gasteiger charge is 2.40. The number of hydrogen-bond donors (Lipinski definition) is 0. The zero-order valence-electron chi connectivity index (χ0n) is 10.2. The second-order valence-electron chi connectivity index (χ2n) is 5.18. The lowest BCUT2D eigenvalue weighted by Gasteiger charge is -2.22. The van der Waals surface area contributed by atoms with Crippen molar-refractivity contribution in [2.45, 2.75) is 71.9 Å². The molecular weight excluding hydrogens is 176 g/mol. The van der Waals surface area contributed by atoms with Crippen LogP contribution in [-0.2, 0) is 9.47 Å². The molecule has 1 rings (SSSR count). The van der Waals surface area contributed by atoms with Crippen LogP contribution in [0.4, 0.5) is 0 Å². The Morgan fingerprint density at radius 1 is 1.43 bits per heavy atom. The summed E-state index contributed by atoms with van der Waals surface area (Å²) in [5.41, 5.74) is -0.000602. The Hall–Kier alpha value is -0.0800. The summed E-state index contributed by atoms with van der Waals surface area (Å²) in [5, 5.41) is 0. The molecule has 0 amide bonds. The summed E-state index contributed by atoms with van der Waals surface area (Å²) in [7, 11) is 0. The van der Waals surface area contributed by atoms with Crippen LogP contribution in [0, 0.1) is 5.92 Å². The maximum atomic E-state index is 5.90. The van der Waals surface area contributed by atoms with Gasteiger partial charge in [-0.25, -0.2) is 0 Å². The summed E-state index contributed by atoms with van der Waals surface area (Å²) in [6, 6.07) is 0. The van der Waals surface area contributed by atoms with Crippen molar-refractivity contribution in [3.8, 4) is 0 Å². The number of rotatable bonds is 4.